The van der Waals surface area contributed by atoms with E-state index in [1.165, 1.54) is 54.3 Å². The third kappa shape index (κ3) is 7.19. The largest absolute Gasteiger partial charge is 0.486 e. The van der Waals surface area contributed by atoms with Crippen LogP contribution in [0.15, 0.2) is 72.8 Å². The molecule has 6 rings (SSSR count). The van der Waals surface area contributed by atoms with Crippen molar-refractivity contribution in [3.8, 4) is 11.5 Å². The Hall–Kier alpha value is -5.25. The highest BCUT2D eigenvalue weighted by Gasteiger charge is 2.73. The number of nitrogens with zero attached hydrogens (tertiary/aromatic N) is 3. The smallest absolute Gasteiger partial charge is 0.430 e. The molecule has 0 aromatic heterocycles. The molecule has 2 unspecified atom stereocenters. The Bertz CT molecular complexity index is 1960. The minimum atomic E-state index is -5.88. The van der Waals surface area contributed by atoms with Crippen molar-refractivity contribution in [2.75, 3.05) is 37.7 Å². The molecule has 1 N–H and O–H groups in total. The normalized spacial score (nSPS) is 22.0. The molecule has 3 aromatic carbocycles. The Morgan fingerprint density at radius 1 is 0.909 bits per heavy atom. The van der Waals surface area contributed by atoms with Crippen LogP contribution in [0.1, 0.15) is 49.9 Å². The van der Waals surface area contributed by atoms with E-state index in [9.17, 15) is 40.7 Å². The van der Waals surface area contributed by atoms with Gasteiger partial charge in [-0.15, -0.1) is 0 Å². The van der Waals surface area contributed by atoms with Gasteiger partial charge in [0.2, 0.25) is 5.91 Å². The minimum Gasteiger partial charge on any atom is -0.486 e. The number of ether oxygens (including phenoxy) is 3. The lowest BCUT2D eigenvalue weighted by Crippen LogP contribution is -2.60. The van der Waals surface area contributed by atoms with Crippen LogP contribution in [0.5, 0.6) is 11.5 Å². The second-order valence-corrected chi connectivity index (χ2v) is 13.9. The van der Waals surface area contributed by atoms with Gasteiger partial charge < -0.3 is 29.3 Å². The molecule has 0 saturated carbocycles. The SMILES string of the molecule is CC=Cc1cc(C(OCc2ccccc2)(C(F)(F)F)C(F)(F)F)ccc1N1CC(C)N(C(=O)CN2C(=O)N[C@@](C)(c3ccc4c(c3)OCCO4)C2=O)CC1C. The Morgan fingerprint density at radius 3 is 2.24 bits per heavy atom. The van der Waals surface area contributed by atoms with E-state index in [1.54, 1.807) is 49.9 Å². The van der Waals surface area contributed by atoms with Crippen LogP contribution < -0.4 is 19.7 Å². The van der Waals surface area contributed by atoms with Gasteiger partial charge in [-0.2, -0.15) is 26.3 Å². The van der Waals surface area contributed by atoms with Crippen molar-refractivity contribution in [2.45, 2.75) is 69.9 Å². The molecule has 0 bridgehead atoms. The van der Waals surface area contributed by atoms with E-state index >= 15 is 0 Å². The van der Waals surface area contributed by atoms with E-state index in [0.717, 1.165) is 17.0 Å². The van der Waals surface area contributed by atoms with E-state index in [2.05, 4.69) is 5.32 Å². The molecule has 10 nitrogen and oxygen atoms in total. The number of halogens is 6. The average Bonchev–Trinajstić information content (AvgIpc) is 3.35. The molecular weight excluding hydrogens is 734 g/mol. The number of imide groups is 1. The lowest BCUT2D eigenvalue weighted by atomic mass is 9.89. The van der Waals surface area contributed by atoms with Crippen LogP contribution in [0.25, 0.3) is 6.08 Å². The molecule has 3 aromatic rings. The molecule has 0 spiro atoms. The Labute approximate surface area is 313 Å². The lowest BCUT2D eigenvalue weighted by molar-refractivity contribution is -0.392. The Balaban J connectivity index is 1.22. The van der Waals surface area contributed by atoms with E-state index < -0.39 is 72.1 Å². The van der Waals surface area contributed by atoms with Crippen molar-refractivity contribution in [3.63, 3.8) is 0 Å². The van der Waals surface area contributed by atoms with Crippen LogP contribution in [0, 0.1) is 0 Å². The number of amides is 4. The number of fused-ring (bicyclic) bond motifs is 1. The van der Waals surface area contributed by atoms with E-state index in [0.29, 0.717) is 36.0 Å². The lowest BCUT2D eigenvalue weighted by Gasteiger charge is -2.46. The molecule has 3 aliphatic heterocycles. The second-order valence-electron chi connectivity index (χ2n) is 13.9. The van der Waals surface area contributed by atoms with Gasteiger partial charge in [-0.3, -0.25) is 14.5 Å². The first-order valence-electron chi connectivity index (χ1n) is 17.6. The quantitative estimate of drug-likeness (QED) is 0.186. The van der Waals surface area contributed by atoms with Crippen LogP contribution >= 0.6 is 0 Å². The fourth-order valence-electron chi connectivity index (χ4n) is 7.28. The summed E-state index contributed by atoms with van der Waals surface area (Å²) in [7, 11) is 0. The molecule has 294 valence electrons. The molecule has 4 amide bonds. The van der Waals surface area contributed by atoms with Crippen LogP contribution in [0.3, 0.4) is 0 Å². The van der Waals surface area contributed by atoms with Crippen LogP contribution in [-0.4, -0.2) is 84.9 Å². The molecular formula is C39H40F6N4O6. The third-order valence-corrected chi connectivity index (χ3v) is 10.2. The fraction of sp³-hybridized carbons (Fsp3) is 0.410. The molecule has 3 aliphatic rings. The van der Waals surface area contributed by atoms with Gasteiger partial charge in [0.25, 0.3) is 11.5 Å². The standard InChI is InChI=1S/C39H40F6N4O6/c1-5-9-27-18-29(37(38(40,41)42,39(43,44)45)55-23-26-10-7-6-8-11-26)12-14-30(27)47-20-25(3)48(21-24(47)2)33(50)22-49-34(51)36(4,46-35(49)52)28-13-15-31-32(19-28)54-17-16-53-31/h5-15,18-19,24-25H,16-17,20-23H2,1-4H3,(H,46,52)/t24?,25?,36-/m0/s1. The maximum absolute atomic E-state index is 14.7. The van der Waals surface area contributed by atoms with Crippen molar-refractivity contribution in [3.05, 3.63) is 95.1 Å². The summed E-state index contributed by atoms with van der Waals surface area (Å²) in [6, 6.07) is 13.2. The molecule has 16 heteroatoms. The van der Waals surface area contributed by atoms with Gasteiger partial charge in [-0.05, 0) is 68.7 Å². The summed E-state index contributed by atoms with van der Waals surface area (Å²) in [5, 5.41) is 2.68. The van der Waals surface area contributed by atoms with Crippen molar-refractivity contribution in [2.24, 2.45) is 0 Å². The molecule has 3 atom stereocenters. The van der Waals surface area contributed by atoms with Gasteiger partial charge >= 0.3 is 18.4 Å². The molecule has 2 fully saturated rings. The van der Waals surface area contributed by atoms with Crippen molar-refractivity contribution in [1.82, 2.24) is 15.1 Å². The first-order valence-corrected chi connectivity index (χ1v) is 17.6. The number of rotatable bonds is 9. The van der Waals surface area contributed by atoms with Gasteiger partial charge in [0.05, 0.1) is 6.61 Å². The summed E-state index contributed by atoms with van der Waals surface area (Å²) >= 11 is 0. The number of allylic oxidation sites excluding steroid dienone is 1. The molecule has 3 heterocycles. The third-order valence-electron chi connectivity index (χ3n) is 10.2. The number of nitrogens with one attached hydrogen (secondary N) is 1. The van der Waals surface area contributed by atoms with Crippen LogP contribution in [-0.2, 0) is 32.1 Å². The monoisotopic (exact) mass is 774 g/mol. The Kier molecular flexibility index (Phi) is 10.6. The predicted molar refractivity (Wildman–Crippen MR) is 189 cm³/mol. The number of carbonyl (C=O) groups is 3. The zero-order valence-electron chi connectivity index (χ0n) is 30.5. The number of piperazine rings is 1. The van der Waals surface area contributed by atoms with Crippen molar-refractivity contribution in [1.29, 1.82) is 0 Å². The van der Waals surface area contributed by atoms with Crippen LogP contribution in [0.2, 0.25) is 0 Å². The molecule has 0 aliphatic carbocycles. The van der Waals surface area contributed by atoms with Gasteiger partial charge in [0, 0.05) is 36.4 Å². The first-order chi connectivity index (χ1) is 25.9. The number of hydrogen-bond acceptors (Lipinski definition) is 7. The van der Waals surface area contributed by atoms with E-state index in [-0.39, 0.29) is 24.2 Å². The number of alkyl halides is 6. The second kappa shape index (κ2) is 14.8. The maximum Gasteiger partial charge on any atom is 0.430 e. The average molecular weight is 775 g/mol. The highest BCUT2D eigenvalue weighted by Crippen LogP contribution is 2.54. The number of anilines is 1. The number of benzene rings is 3. The van der Waals surface area contributed by atoms with Crippen LogP contribution in [0.4, 0.5) is 36.8 Å². The summed E-state index contributed by atoms with van der Waals surface area (Å²) in [5.74, 6) is -0.235. The van der Waals surface area contributed by atoms with Gasteiger partial charge in [0.15, 0.2) is 11.5 Å². The topological polar surface area (TPSA) is 101 Å². The zero-order chi connectivity index (χ0) is 39.9. The van der Waals surface area contributed by atoms with E-state index in [4.69, 9.17) is 14.2 Å². The Morgan fingerprint density at radius 2 is 1.58 bits per heavy atom. The summed E-state index contributed by atoms with van der Waals surface area (Å²) in [4.78, 5) is 44.6. The number of carbonyl (C=O) groups excluding carboxylic acids is 3. The summed E-state index contributed by atoms with van der Waals surface area (Å²) in [6.45, 7) is 6.00. The van der Waals surface area contributed by atoms with Gasteiger partial charge in [-0.1, -0.05) is 54.6 Å². The molecule has 2 saturated heterocycles. The van der Waals surface area contributed by atoms with Gasteiger partial charge in [-0.25, -0.2) is 4.79 Å². The fourth-order valence-corrected chi connectivity index (χ4v) is 7.28. The number of hydrogen-bond donors (Lipinski definition) is 1. The highest BCUT2D eigenvalue weighted by molar-refractivity contribution is 6.09. The summed E-state index contributed by atoms with van der Waals surface area (Å²) in [5.41, 5.74) is -6.25. The first kappa shape index (κ1) is 39.4. The summed E-state index contributed by atoms with van der Waals surface area (Å²) in [6.07, 6.45) is -8.84. The highest BCUT2D eigenvalue weighted by atomic mass is 19.4. The maximum atomic E-state index is 14.7. The van der Waals surface area contributed by atoms with E-state index in [1.807, 2.05) is 0 Å². The number of urea groups is 1. The minimum absolute atomic E-state index is 0.0787. The van der Waals surface area contributed by atoms with Crippen molar-refractivity contribution >= 4 is 29.6 Å². The van der Waals surface area contributed by atoms with Gasteiger partial charge in [0.1, 0.15) is 25.3 Å². The predicted octanol–water partition coefficient (Wildman–Crippen LogP) is 6.92. The molecule has 55 heavy (non-hydrogen) atoms. The zero-order valence-corrected chi connectivity index (χ0v) is 30.5. The van der Waals surface area contributed by atoms with Crippen molar-refractivity contribution < 1.29 is 54.9 Å². The summed E-state index contributed by atoms with van der Waals surface area (Å²) < 4.78 is 104. The molecule has 0 radical (unpaired) electrons.